The number of carbonyl (C=O) groups excluding carboxylic acids is 3. The number of nitrogens with zero attached hydrogens (tertiary/aromatic N) is 1. The third kappa shape index (κ3) is 4.74. The molecule has 0 aliphatic carbocycles. The number of benzene rings is 1. The lowest BCUT2D eigenvalue weighted by atomic mass is 9.97. The van der Waals surface area contributed by atoms with Gasteiger partial charge >= 0.3 is 5.97 Å². The Bertz CT molecular complexity index is 792. The SMILES string of the molecule is COc1ccc(C(=O)COC(=O)C2CCN(C(=O)c3cccs3)CC2)cc1. The Morgan fingerprint density at radius 3 is 2.41 bits per heavy atom. The maximum Gasteiger partial charge on any atom is 0.309 e. The minimum atomic E-state index is -0.375. The number of ether oxygens (including phenoxy) is 2. The Morgan fingerprint density at radius 1 is 1.11 bits per heavy atom. The molecule has 1 aliphatic rings. The fourth-order valence-electron chi connectivity index (χ4n) is 2.99. The van der Waals surface area contributed by atoms with E-state index in [0.29, 0.717) is 42.1 Å². The predicted molar refractivity (Wildman–Crippen MR) is 101 cm³/mol. The molecular weight excluding hydrogens is 366 g/mol. The van der Waals surface area contributed by atoms with Gasteiger partial charge < -0.3 is 14.4 Å². The van der Waals surface area contributed by atoms with E-state index < -0.39 is 0 Å². The monoisotopic (exact) mass is 387 g/mol. The highest BCUT2D eigenvalue weighted by molar-refractivity contribution is 7.12. The fraction of sp³-hybridized carbons (Fsp3) is 0.350. The molecular formula is C20H21NO5S. The summed E-state index contributed by atoms with van der Waals surface area (Å²) in [6.45, 7) is 0.755. The summed E-state index contributed by atoms with van der Waals surface area (Å²) in [6, 6.07) is 10.3. The standard InChI is InChI=1S/C20H21NO5S/c1-25-16-6-4-14(5-7-16)17(22)13-26-20(24)15-8-10-21(11-9-15)19(23)18-3-2-12-27-18/h2-7,12,15H,8-11,13H2,1H3. The number of rotatable bonds is 6. The van der Waals surface area contributed by atoms with E-state index in [-0.39, 0.29) is 30.2 Å². The van der Waals surface area contributed by atoms with Gasteiger partial charge in [0.05, 0.1) is 17.9 Å². The van der Waals surface area contributed by atoms with Crippen molar-refractivity contribution in [3.05, 3.63) is 52.2 Å². The molecule has 1 aromatic heterocycles. The van der Waals surface area contributed by atoms with Crippen LogP contribution in [0.2, 0.25) is 0 Å². The van der Waals surface area contributed by atoms with Crippen molar-refractivity contribution in [1.82, 2.24) is 4.90 Å². The third-order valence-corrected chi connectivity index (χ3v) is 5.46. The molecule has 27 heavy (non-hydrogen) atoms. The molecule has 2 aromatic rings. The number of amides is 1. The molecule has 1 fully saturated rings. The van der Waals surface area contributed by atoms with E-state index in [0.717, 1.165) is 0 Å². The second kappa shape index (κ2) is 8.81. The summed E-state index contributed by atoms with van der Waals surface area (Å²) in [7, 11) is 1.55. The molecule has 7 heteroatoms. The molecule has 2 heterocycles. The van der Waals surface area contributed by atoms with Crippen molar-refractivity contribution in [2.75, 3.05) is 26.8 Å². The number of methoxy groups -OCH3 is 1. The van der Waals surface area contributed by atoms with Crippen LogP contribution in [0.1, 0.15) is 32.9 Å². The maximum absolute atomic E-state index is 12.3. The van der Waals surface area contributed by atoms with Gasteiger partial charge in [-0.1, -0.05) is 6.07 Å². The second-order valence-corrected chi connectivity index (χ2v) is 7.25. The number of likely N-dealkylation sites (tertiary alicyclic amines) is 1. The van der Waals surface area contributed by atoms with Gasteiger partial charge in [0.2, 0.25) is 0 Å². The number of carbonyl (C=O) groups is 3. The van der Waals surface area contributed by atoms with E-state index in [2.05, 4.69) is 0 Å². The number of Topliss-reactive ketones (excluding diaryl/α,β-unsaturated/α-hetero) is 1. The van der Waals surface area contributed by atoms with Crippen LogP contribution in [0.15, 0.2) is 41.8 Å². The number of thiophene rings is 1. The van der Waals surface area contributed by atoms with Crippen LogP contribution >= 0.6 is 11.3 Å². The smallest absolute Gasteiger partial charge is 0.309 e. The van der Waals surface area contributed by atoms with Gasteiger partial charge in [0.15, 0.2) is 12.4 Å². The summed E-state index contributed by atoms with van der Waals surface area (Å²) < 4.78 is 10.3. The van der Waals surface area contributed by atoms with Crippen molar-refractivity contribution in [2.24, 2.45) is 5.92 Å². The van der Waals surface area contributed by atoms with Gasteiger partial charge in [-0.2, -0.15) is 0 Å². The highest BCUT2D eigenvalue weighted by Gasteiger charge is 2.29. The Kier molecular flexibility index (Phi) is 6.24. The Labute approximate surface area is 161 Å². The Balaban J connectivity index is 1.45. The van der Waals surface area contributed by atoms with Gasteiger partial charge in [0.25, 0.3) is 5.91 Å². The molecule has 6 nitrogen and oxygen atoms in total. The van der Waals surface area contributed by atoms with Crippen molar-refractivity contribution >= 4 is 29.0 Å². The number of hydrogen-bond acceptors (Lipinski definition) is 6. The second-order valence-electron chi connectivity index (χ2n) is 6.30. The summed E-state index contributed by atoms with van der Waals surface area (Å²) >= 11 is 1.42. The number of hydrogen-bond donors (Lipinski definition) is 0. The highest BCUT2D eigenvalue weighted by atomic mass is 32.1. The Hall–Kier alpha value is -2.67. The molecule has 0 saturated carbocycles. The van der Waals surface area contributed by atoms with E-state index >= 15 is 0 Å². The van der Waals surface area contributed by atoms with Crippen molar-refractivity contribution in [2.45, 2.75) is 12.8 Å². The van der Waals surface area contributed by atoms with E-state index in [4.69, 9.17) is 9.47 Å². The zero-order valence-electron chi connectivity index (χ0n) is 15.1. The van der Waals surface area contributed by atoms with Crippen LogP contribution in [-0.4, -0.2) is 49.4 Å². The van der Waals surface area contributed by atoms with E-state index in [1.54, 1.807) is 42.3 Å². The molecule has 0 atom stereocenters. The van der Waals surface area contributed by atoms with E-state index in [1.165, 1.54) is 11.3 Å². The van der Waals surface area contributed by atoms with Gasteiger partial charge in [-0.05, 0) is 48.6 Å². The predicted octanol–water partition coefficient (Wildman–Crippen LogP) is 3.04. The van der Waals surface area contributed by atoms with Gasteiger partial charge in [-0.3, -0.25) is 14.4 Å². The first kappa shape index (κ1) is 19.1. The first-order valence-corrected chi connectivity index (χ1v) is 9.63. The summed E-state index contributed by atoms with van der Waals surface area (Å²) in [5.74, 6) is -0.239. The topological polar surface area (TPSA) is 72.9 Å². The lowest BCUT2D eigenvalue weighted by molar-refractivity contribution is -0.148. The Morgan fingerprint density at radius 2 is 1.81 bits per heavy atom. The minimum Gasteiger partial charge on any atom is -0.497 e. The van der Waals surface area contributed by atoms with Gasteiger partial charge in [0, 0.05) is 18.7 Å². The van der Waals surface area contributed by atoms with E-state index in [1.807, 2.05) is 11.4 Å². The van der Waals surface area contributed by atoms with Crippen LogP contribution in [0.4, 0.5) is 0 Å². The zero-order chi connectivity index (χ0) is 19.2. The van der Waals surface area contributed by atoms with Gasteiger partial charge in [0.1, 0.15) is 5.75 Å². The van der Waals surface area contributed by atoms with Crippen molar-refractivity contribution in [3.63, 3.8) is 0 Å². The molecule has 1 aromatic carbocycles. The number of ketones is 1. The summed E-state index contributed by atoms with van der Waals surface area (Å²) in [5.41, 5.74) is 0.472. The van der Waals surface area contributed by atoms with Crippen LogP contribution in [0.5, 0.6) is 5.75 Å². The quantitative estimate of drug-likeness (QED) is 0.563. The van der Waals surface area contributed by atoms with Gasteiger partial charge in [-0.15, -0.1) is 11.3 Å². The highest BCUT2D eigenvalue weighted by Crippen LogP contribution is 2.22. The van der Waals surface area contributed by atoms with Gasteiger partial charge in [-0.25, -0.2) is 0 Å². The molecule has 0 spiro atoms. The molecule has 0 bridgehead atoms. The average molecular weight is 387 g/mol. The van der Waals surface area contributed by atoms with Crippen molar-refractivity contribution < 1.29 is 23.9 Å². The number of piperidine rings is 1. The molecule has 3 rings (SSSR count). The maximum atomic E-state index is 12.3. The average Bonchev–Trinajstić information content (AvgIpc) is 3.26. The van der Waals surface area contributed by atoms with Crippen LogP contribution in [0.3, 0.4) is 0 Å². The molecule has 1 amide bonds. The van der Waals surface area contributed by atoms with Crippen molar-refractivity contribution in [3.8, 4) is 5.75 Å². The fourth-order valence-corrected chi connectivity index (χ4v) is 3.68. The first-order valence-electron chi connectivity index (χ1n) is 8.75. The first-order chi connectivity index (χ1) is 13.1. The van der Waals surface area contributed by atoms with Crippen LogP contribution in [-0.2, 0) is 9.53 Å². The molecule has 1 aliphatic heterocycles. The minimum absolute atomic E-state index is 0.00602. The summed E-state index contributed by atoms with van der Waals surface area (Å²) in [5, 5.41) is 1.87. The molecule has 142 valence electrons. The molecule has 0 radical (unpaired) electrons. The molecule has 0 unspecified atom stereocenters. The zero-order valence-corrected chi connectivity index (χ0v) is 15.9. The van der Waals surface area contributed by atoms with Crippen LogP contribution in [0.25, 0.3) is 0 Å². The third-order valence-electron chi connectivity index (χ3n) is 4.60. The normalized spacial score (nSPS) is 14.6. The van der Waals surface area contributed by atoms with Crippen LogP contribution < -0.4 is 4.74 Å². The summed E-state index contributed by atoms with van der Waals surface area (Å²) in [6.07, 6.45) is 1.10. The molecule has 0 N–H and O–H groups in total. The van der Waals surface area contributed by atoms with Crippen molar-refractivity contribution in [1.29, 1.82) is 0 Å². The summed E-state index contributed by atoms with van der Waals surface area (Å²) in [4.78, 5) is 39.2. The van der Waals surface area contributed by atoms with E-state index in [9.17, 15) is 14.4 Å². The largest absolute Gasteiger partial charge is 0.497 e. The lowest BCUT2D eigenvalue weighted by Gasteiger charge is -2.30. The van der Waals surface area contributed by atoms with Crippen LogP contribution in [0, 0.1) is 5.92 Å². The molecule has 1 saturated heterocycles. The number of esters is 1. The lowest BCUT2D eigenvalue weighted by Crippen LogP contribution is -2.40.